The van der Waals surface area contributed by atoms with E-state index in [0.29, 0.717) is 6.04 Å². The third kappa shape index (κ3) is 2.60. The van der Waals surface area contributed by atoms with E-state index in [0.717, 1.165) is 0 Å². The normalized spacial score (nSPS) is 21.1. The Bertz CT molecular complexity index is 335. The van der Waals surface area contributed by atoms with E-state index in [2.05, 4.69) is 50.4 Å². The first-order valence-electron chi connectivity index (χ1n) is 5.92. The van der Waals surface area contributed by atoms with Gasteiger partial charge in [0, 0.05) is 11.6 Å². The van der Waals surface area contributed by atoms with Crippen LogP contribution in [-0.2, 0) is 6.42 Å². The molecule has 0 spiro atoms. The molecule has 0 saturated carbocycles. The van der Waals surface area contributed by atoms with Gasteiger partial charge in [0.1, 0.15) is 0 Å². The largest absolute Gasteiger partial charge is 0.305 e. The molecule has 1 aliphatic rings. The summed E-state index contributed by atoms with van der Waals surface area (Å²) in [6, 6.07) is 9.40. The number of hydrogen-bond acceptors (Lipinski definition) is 1. The fraction of sp³-hybridized carbons (Fsp3) is 0.571. The van der Waals surface area contributed by atoms with Crippen LogP contribution in [0, 0.1) is 0 Å². The van der Waals surface area contributed by atoms with Crippen molar-refractivity contribution in [2.75, 3.05) is 0 Å². The van der Waals surface area contributed by atoms with Crippen molar-refractivity contribution < 1.29 is 0 Å². The van der Waals surface area contributed by atoms with Gasteiger partial charge in [-0.2, -0.15) is 0 Å². The molecule has 1 aromatic carbocycles. The zero-order valence-corrected chi connectivity index (χ0v) is 10.0. The van der Waals surface area contributed by atoms with Crippen LogP contribution in [0.3, 0.4) is 0 Å². The lowest BCUT2D eigenvalue weighted by molar-refractivity contribution is 0.336. The molecule has 1 atom stereocenters. The third-order valence-corrected chi connectivity index (χ3v) is 2.98. The Morgan fingerprint density at radius 1 is 1.20 bits per heavy atom. The van der Waals surface area contributed by atoms with E-state index in [4.69, 9.17) is 0 Å². The van der Waals surface area contributed by atoms with Crippen LogP contribution in [0.15, 0.2) is 24.3 Å². The van der Waals surface area contributed by atoms with Gasteiger partial charge in [0.25, 0.3) is 0 Å². The molecule has 0 radical (unpaired) electrons. The lowest BCUT2D eigenvalue weighted by Gasteiger charge is -2.33. The van der Waals surface area contributed by atoms with E-state index >= 15 is 0 Å². The van der Waals surface area contributed by atoms with Crippen LogP contribution in [0.4, 0.5) is 0 Å². The summed E-state index contributed by atoms with van der Waals surface area (Å²) in [6.07, 6.45) is 3.83. The Hall–Kier alpha value is -0.820. The first-order valence-corrected chi connectivity index (χ1v) is 5.92. The van der Waals surface area contributed by atoms with Crippen molar-refractivity contribution in [1.29, 1.82) is 0 Å². The van der Waals surface area contributed by atoms with Crippen molar-refractivity contribution in [2.24, 2.45) is 0 Å². The van der Waals surface area contributed by atoms with Gasteiger partial charge in [-0.1, -0.05) is 24.3 Å². The monoisotopic (exact) mass is 203 g/mol. The van der Waals surface area contributed by atoms with Crippen LogP contribution >= 0.6 is 0 Å². The molecule has 1 aliphatic carbocycles. The Kier molecular flexibility index (Phi) is 2.83. The molecule has 0 heterocycles. The first-order chi connectivity index (χ1) is 7.06. The quantitative estimate of drug-likeness (QED) is 0.737. The predicted molar refractivity (Wildman–Crippen MR) is 65.0 cm³/mol. The highest BCUT2D eigenvalue weighted by Gasteiger charge is 2.23. The molecule has 0 amide bonds. The summed E-state index contributed by atoms with van der Waals surface area (Å²) in [5.41, 5.74) is 3.25. The van der Waals surface area contributed by atoms with Crippen LogP contribution in [0.5, 0.6) is 0 Å². The predicted octanol–water partition coefficient (Wildman–Crippen LogP) is 3.45. The number of fused-ring (bicyclic) bond motifs is 1. The van der Waals surface area contributed by atoms with Crippen LogP contribution in [0.1, 0.15) is 50.8 Å². The highest BCUT2D eigenvalue weighted by molar-refractivity contribution is 5.32. The number of rotatable bonds is 1. The minimum atomic E-state index is 0.203. The summed E-state index contributed by atoms with van der Waals surface area (Å²) in [6.45, 7) is 6.72. The van der Waals surface area contributed by atoms with Crippen molar-refractivity contribution in [3.05, 3.63) is 35.4 Å². The molecule has 0 aliphatic heterocycles. The fourth-order valence-electron chi connectivity index (χ4n) is 2.43. The second-order valence-electron chi connectivity index (χ2n) is 5.54. The number of benzene rings is 1. The highest BCUT2D eigenvalue weighted by Crippen LogP contribution is 2.30. The molecule has 2 rings (SSSR count). The van der Waals surface area contributed by atoms with Gasteiger partial charge >= 0.3 is 0 Å². The smallest absolute Gasteiger partial charge is 0.0327 e. The summed E-state index contributed by atoms with van der Waals surface area (Å²) in [5.74, 6) is 0. The standard InChI is InChI=1S/C14H21N/c1-14(2,3)15-13-10-6-8-11-7-4-5-9-12(11)13/h4-5,7,9,13,15H,6,8,10H2,1-3H3. The van der Waals surface area contributed by atoms with E-state index in [1.54, 1.807) is 0 Å². The minimum Gasteiger partial charge on any atom is -0.305 e. The summed E-state index contributed by atoms with van der Waals surface area (Å²) >= 11 is 0. The molecule has 1 heteroatoms. The molecule has 1 nitrogen and oxygen atoms in total. The van der Waals surface area contributed by atoms with Crippen LogP contribution in [0.25, 0.3) is 0 Å². The molecule has 1 N–H and O–H groups in total. The topological polar surface area (TPSA) is 12.0 Å². The van der Waals surface area contributed by atoms with Crippen molar-refractivity contribution in [2.45, 2.75) is 51.6 Å². The Morgan fingerprint density at radius 2 is 1.93 bits per heavy atom. The van der Waals surface area contributed by atoms with Crippen molar-refractivity contribution in [3.8, 4) is 0 Å². The zero-order chi connectivity index (χ0) is 10.9. The lowest BCUT2D eigenvalue weighted by Crippen LogP contribution is -2.40. The number of hydrogen-bond donors (Lipinski definition) is 1. The van der Waals surface area contributed by atoms with Crippen molar-refractivity contribution in [3.63, 3.8) is 0 Å². The Labute approximate surface area is 92.9 Å². The van der Waals surface area contributed by atoms with E-state index in [9.17, 15) is 0 Å². The zero-order valence-electron chi connectivity index (χ0n) is 10.0. The van der Waals surface area contributed by atoms with Crippen LogP contribution < -0.4 is 5.32 Å². The van der Waals surface area contributed by atoms with Gasteiger partial charge in [-0.3, -0.25) is 0 Å². The van der Waals surface area contributed by atoms with E-state index in [1.807, 2.05) is 0 Å². The second kappa shape index (κ2) is 3.97. The van der Waals surface area contributed by atoms with Gasteiger partial charge in [-0.15, -0.1) is 0 Å². The Morgan fingerprint density at radius 3 is 2.67 bits per heavy atom. The van der Waals surface area contributed by atoms with E-state index < -0.39 is 0 Å². The van der Waals surface area contributed by atoms with Crippen molar-refractivity contribution >= 4 is 0 Å². The maximum absolute atomic E-state index is 3.71. The van der Waals surface area contributed by atoms with Gasteiger partial charge in [-0.25, -0.2) is 0 Å². The van der Waals surface area contributed by atoms with Crippen LogP contribution in [-0.4, -0.2) is 5.54 Å². The molecular weight excluding hydrogens is 182 g/mol. The van der Waals surface area contributed by atoms with E-state index in [-0.39, 0.29) is 5.54 Å². The average molecular weight is 203 g/mol. The molecule has 0 saturated heterocycles. The molecule has 1 aromatic rings. The molecular formula is C14H21N. The molecule has 0 fully saturated rings. The number of nitrogens with one attached hydrogen (secondary N) is 1. The maximum atomic E-state index is 3.71. The summed E-state index contributed by atoms with van der Waals surface area (Å²) < 4.78 is 0. The fourth-order valence-corrected chi connectivity index (χ4v) is 2.43. The summed E-state index contributed by atoms with van der Waals surface area (Å²) in [4.78, 5) is 0. The maximum Gasteiger partial charge on any atom is 0.0327 e. The first kappa shape index (κ1) is 10.7. The summed E-state index contributed by atoms with van der Waals surface area (Å²) in [5, 5.41) is 3.71. The number of aryl methyl sites for hydroxylation is 1. The third-order valence-electron chi connectivity index (χ3n) is 2.98. The molecule has 0 aromatic heterocycles. The SMILES string of the molecule is CC(C)(C)NC1CCCc2ccccc21. The van der Waals surface area contributed by atoms with Gasteiger partial charge in [0.2, 0.25) is 0 Å². The molecule has 82 valence electrons. The van der Waals surface area contributed by atoms with Gasteiger partial charge in [-0.05, 0) is 51.2 Å². The summed E-state index contributed by atoms with van der Waals surface area (Å²) in [7, 11) is 0. The van der Waals surface area contributed by atoms with Crippen LogP contribution in [0.2, 0.25) is 0 Å². The Balaban J connectivity index is 2.22. The molecule has 1 unspecified atom stereocenters. The second-order valence-corrected chi connectivity index (χ2v) is 5.54. The van der Waals surface area contributed by atoms with Crippen molar-refractivity contribution in [1.82, 2.24) is 5.32 Å². The minimum absolute atomic E-state index is 0.203. The lowest BCUT2D eigenvalue weighted by atomic mass is 9.86. The molecule has 15 heavy (non-hydrogen) atoms. The highest BCUT2D eigenvalue weighted by atomic mass is 15.0. The van der Waals surface area contributed by atoms with Gasteiger partial charge in [0.15, 0.2) is 0 Å². The molecule has 0 bridgehead atoms. The van der Waals surface area contributed by atoms with Gasteiger partial charge < -0.3 is 5.32 Å². The average Bonchev–Trinajstić information content (AvgIpc) is 2.16. The van der Waals surface area contributed by atoms with E-state index in [1.165, 1.54) is 30.4 Å². The van der Waals surface area contributed by atoms with Gasteiger partial charge in [0.05, 0.1) is 0 Å².